The largest absolute Gasteiger partial charge is 0.207 e. The molecular weight excluding hydrogens is 163 g/mol. The van der Waals surface area contributed by atoms with Crippen molar-refractivity contribution in [1.82, 2.24) is 0 Å². The molecule has 0 saturated heterocycles. The lowest BCUT2D eigenvalue weighted by molar-refractivity contribution is 0.490. The van der Waals surface area contributed by atoms with Crippen molar-refractivity contribution in [3.63, 3.8) is 0 Å². The van der Waals surface area contributed by atoms with E-state index >= 15 is 0 Å². The van der Waals surface area contributed by atoms with Gasteiger partial charge >= 0.3 is 0 Å². The van der Waals surface area contributed by atoms with Crippen molar-refractivity contribution in [2.24, 2.45) is 5.92 Å². The van der Waals surface area contributed by atoms with E-state index in [4.69, 9.17) is 0 Å². The van der Waals surface area contributed by atoms with Crippen LogP contribution >= 0.6 is 0 Å². The van der Waals surface area contributed by atoms with Crippen LogP contribution in [-0.2, 0) is 6.42 Å². The summed E-state index contributed by atoms with van der Waals surface area (Å²) in [5.74, 6) is 0.596. The standard InChI is InChI=1S/C12H17F/c1-3-10(4-2)9-11-5-7-12(13)8-6-11/h5-8,10H,3-4,9H2,1-2H3. The fourth-order valence-electron chi connectivity index (χ4n) is 1.53. The Morgan fingerprint density at radius 1 is 1.08 bits per heavy atom. The van der Waals surface area contributed by atoms with E-state index in [1.807, 2.05) is 12.1 Å². The Labute approximate surface area is 79.8 Å². The van der Waals surface area contributed by atoms with Crippen LogP contribution in [-0.4, -0.2) is 0 Å². The van der Waals surface area contributed by atoms with Crippen molar-refractivity contribution in [1.29, 1.82) is 0 Å². The van der Waals surface area contributed by atoms with E-state index in [0.717, 1.165) is 12.3 Å². The molecule has 0 spiro atoms. The molecule has 0 radical (unpaired) electrons. The van der Waals surface area contributed by atoms with Gasteiger partial charge in [-0.2, -0.15) is 0 Å². The lowest BCUT2D eigenvalue weighted by Gasteiger charge is -2.11. The number of hydrogen-bond donors (Lipinski definition) is 0. The highest BCUT2D eigenvalue weighted by Crippen LogP contribution is 2.15. The molecule has 0 aliphatic carbocycles. The van der Waals surface area contributed by atoms with Gasteiger partial charge in [-0.25, -0.2) is 4.39 Å². The molecule has 0 aliphatic heterocycles. The van der Waals surface area contributed by atoms with Gasteiger partial charge in [0.25, 0.3) is 0 Å². The highest BCUT2D eigenvalue weighted by molar-refractivity contribution is 5.16. The number of rotatable bonds is 4. The van der Waals surface area contributed by atoms with Gasteiger partial charge in [0, 0.05) is 0 Å². The second-order valence-corrected chi connectivity index (χ2v) is 3.51. The maximum atomic E-state index is 12.6. The van der Waals surface area contributed by atoms with Gasteiger partial charge in [-0.1, -0.05) is 38.8 Å². The molecule has 0 atom stereocenters. The topological polar surface area (TPSA) is 0 Å². The quantitative estimate of drug-likeness (QED) is 0.661. The van der Waals surface area contributed by atoms with Crippen molar-refractivity contribution < 1.29 is 4.39 Å². The summed E-state index contributed by atoms with van der Waals surface area (Å²) in [6.07, 6.45) is 3.48. The van der Waals surface area contributed by atoms with Crippen molar-refractivity contribution in [3.8, 4) is 0 Å². The van der Waals surface area contributed by atoms with Crippen LogP contribution in [0.4, 0.5) is 4.39 Å². The van der Waals surface area contributed by atoms with E-state index in [-0.39, 0.29) is 5.82 Å². The molecule has 0 fully saturated rings. The molecule has 0 aliphatic rings. The van der Waals surface area contributed by atoms with Gasteiger partial charge in [0.2, 0.25) is 0 Å². The summed E-state index contributed by atoms with van der Waals surface area (Å²) in [7, 11) is 0. The van der Waals surface area contributed by atoms with Gasteiger partial charge in [-0.05, 0) is 30.0 Å². The van der Waals surface area contributed by atoms with Crippen molar-refractivity contribution in [2.75, 3.05) is 0 Å². The maximum absolute atomic E-state index is 12.6. The molecule has 0 heterocycles. The highest BCUT2D eigenvalue weighted by Gasteiger charge is 2.04. The molecule has 1 aromatic carbocycles. The molecule has 72 valence electrons. The minimum atomic E-state index is -0.145. The molecule has 1 aromatic rings. The van der Waals surface area contributed by atoms with Crippen LogP contribution in [0.3, 0.4) is 0 Å². The van der Waals surface area contributed by atoms with E-state index in [9.17, 15) is 4.39 Å². The molecule has 0 aromatic heterocycles. The van der Waals surface area contributed by atoms with Crippen LogP contribution in [0.5, 0.6) is 0 Å². The molecule has 0 amide bonds. The summed E-state index contributed by atoms with van der Waals surface area (Å²) in [5, 5.41) is 0. The van der Waals surface area contributed by atoms with Gasteiger partial charge in [-0.15, -0.1) is 0 Å². The first-order valence-electron chi connectivity index (χ1n) is 5.00. The zero-order valence-corrected chi connectivity index (χ0v) is 8.39. The van der Waals surface area contributed by atoms with Gasteiger partial charge in [0.1, 0.15) is 5.82 Å². The van der Waals surface area contributed by atoms with Crippen LogP contribution in [0.15, 0.2) is 24.3 Å². The molecule has 0 bridgehead atoms. The van der Waals surface area contributed by atoms with Crippen molar-refractivity contribution in [3.05, 3.63) is 35.6 Å². The minimum Gasteiger partial charge on any atom is -0.207 e. The zero-order chi connectivity index (χ0) is 9.68. The monoisotopic (exact) mass is 180 g/mol. The Bertz CT molecular complexity index is 234. The molecule has 1 rings (SSSR count). The van der Waals surface area contributed by atoms with E-state index in [1.54, 1.807) is 0 Å². The number of hydrogen-bond acceptors (Lipinski definition) is 0. The van der Waals surface area contributed by atoms with Crippen LogP contribution in [0.2, 0.25) is 0 Å². The average molecular weight is 180 g/mol. The van der Waals surface area contributed by atoms with Gasteiger partial charge in [-0.3, -0.25) is 0 Å². The van der Waals surface area contributed by atoms with E-state index in [0.29, 0.717) is 0 Å². The molecule has 1 heteroatoms. The first kappa shape index (κ1) is 10.2. The third-order valence-electron chi connectivity index (χ3n) is 2.59. The Hall–Kier alpha value is -0.850. The second-order valence-electron chi connectivity index (χ2n) is 3.51. The van der Waals surface area contributed by atoms with Crippen molar-refractivity contribution >= 4 is 0 Å². The fraction of sp³-hybridized carbons (Fsp3) is 0.500. The smallest absolute Gasteiger partial charge is 0.123 e. The predicted octanol–water partition coefficient (Wildman–Crippen LogP) is 3.80. The summed E-state index contributed by atoms with van der Waals surface area (Å²) in [6.45, 7) is 4.41. The Balaban J connectivity index is 2.58. The number of benzene rings is 1. The lowest BCUT2D eigenvalue weighted by Crippen LogP contribution is -2.01. The molecule has 0 nitrogen and oxygen atoms in total. The van der Waals surface area contributed by atoms with Gasteiger partial charge < -0.3 is 0 Å². The highest BCUT2D eigenvalue weighted by atomic mass is 19.1. The molecule has 13 heavy (non-hydrogen) atoms. The average Bonchev–Trinajstić information content (AvgIpc) is 2.17. The van der Waals surface area contributed by atoms with E-state index < -0.39 is 0 Å². The second kappa shape index (κ2) is 5.00. The van der Waals surface area contributed by atoms with Crippen LogP contribution < -0.4 is 0 Å². The Morgan fingerprint density at radius 3 is 2.08 bits per heavy atom. The Kier molecular flexibility index (Phi) is 3.94. The first-order chi connectivity index (χ1) is 6.26. The minimum absolute atomic E-state index is 0.145. The van der Waals surface area contributed by atoms with E-state index in [1.165, 1.54) is 30.5 Å². The fourth-order valence-corrected chi connectivity index (χ4v) is 1.53. The molecular formula is C12H17F. The van der Waals surface area contributed by atoms with Crippen LogP contribution in [0, 0.1) is 11.7 Å². The molecule has 0 unspecified atom stereocenters. The summed E-state index contributed by atoms with van der Waals surface area (Å²) < 4.78 is 12.6. The van der Waals surface area contributed by atoms with Crippen LogP contribution in [0.25, 0.3) is 0 Å². The maximum Gasteiger partial charge on any atom is 0.123 e. The summed E-state index contributed by atoms with van der Waals surface area (Å²) >= 11 is 0. The zero-order valence-electron chi connectivity index (χ0n) is 8.39. The third kappa shape index (κ3) is 3.17. The Morgan fingerprint density at radius 2 is 1.62 bits per heavy atom. The summed E-state index contributed by atoms with van der Waals surface area (Å²) in [4.78, 5) is 0. The number of halogens is 1. The molecule has 0 saturated carbocycles. The van der Waals surface area contributed by atoms with E-state index in [2.05, 4.69) is 13.8 Å². The van der Waals surface area contributed by atoms with Gasteiger partial charge in [0.15, 0.2) is 0 Å². The van der Waals surface area contributed by atoms with Crippen LogP contribution in [0.1, 0.15) is 32.3 Å². The third-order valence-corrected chi connectivity index (χ3v) is 2.59. The van der Waals surface area contributed by atoms with Gasteiger partial charge in [0.05, 0.1) is 0 Å². The molecule has 0 N–H and O–H groups in total. The van der Waals surface area contributed by atoms with Crippen molar-refractivity contribution in [2.45, 2.75) is 33.1 Å². The summed E-state index contributed by atoms with van der Waals surface area (Å²) in [5.41, 5.74) is 1.25. The normalized spacial score (nSPS) is 10.8. The SMILES string of the molecule is CCC(CC)Cc1ccc(F)cc1. The first-order valence-corrected chi connectivity index (χ1v) is 5.00. The lowest BCUT2D eigenvalue weighted by atomic mass is 9.95. The summed E-state index contributed by atoms with van der Waals surface area (Å²) in [6, 6.07) is 6.84. The predicted molar refractivity (Wildman–Crippen MR) is 54.2 cm³/mol.